The van der Waals surface area contributed by atoms with E-state index in [2.05, 4.69) is 25.5 Å². The monoisotopic (exact) mass is 345 g/mol. The van der Waals surface area contributed by atoms with Crippen molar-refractivity contribution in [1.82, 2.24) is 15.3 Å². The molecule has 2 N–H and O–H groups in total. The number of carbonyl (C=O) groups is 2. The van der Waals surface area contributed by atoms with Crippen molar-refractivity contribution < 1.29 is 9.59 Å². The maximum Gasteiger partial charge on any atom is 0.224 e. The quantitative estimate of drug-likeness (QED) is 0.763. The smallest absolute Gasteiger partial charge is 0.224 e. The molecule has 0 radical (unpaired) electrons. The Kier molecular flexibility index (Phi) is 5.83. The van der Waals surface area contributed by atoms with E-state index >= 15 is 0 Å². The van der Waals surface area contributed by atoms with Gasteiger partial charge in [-0.3, -0.25) is 9.59 Å². The summed E-state index contributed by atoms with van der Waals surface area (Å²) in [6.07, 6.45) is 4.85. The Hall–Kier alpha value is -2.18. The average Bonchev–Trinajstić information content (AvgIpc) is 3.13. The molecule has 1 aliphatic carbocycles. The number of nitrogens with zero attached hydrogens (tertiary/aromatic N) is 3. The number of ketones is 1. The molecule has 2 fully saturated rings. The van der Waals surface area contributed by atoms with Crippen LogP contribution in [0, 0.1) is 12.8 Å². The van der Waals surface area contributed by atoms with Crippen molar-refractivity contribution in [2.24, 2.45) is 5.92 Å². The Bertz CT molecular complexity index is 618. The van der Waals surface area contributed by atoms with E-state index in [-0.39, 0.29) is 17.6 Å². The molecule has 7 nitrogen and oxygen atoms in total. The molecule has 25 heavy (non-hydrogen) atoms. The fourth-order valence-electron chi connectivity index (χ4n) is 3.45. The second-order valence-corrected chi connectivity index (χ2v) is 6.92. The third kappa shape index (κ3) is 4.90. The normalized spacial score (nSPS) is 18.4. The van der Waals surface area contributed by atoms with Crippen LogP contribution in [0.5, 0.6) is 0 Å². The van der Waals surface area contributed by atoms with Crippen LogP contribution in [-0.2, 0) is 9.59 Å². The van der Waals surface area contributed by atoms with Crippen molar-refractivity contribution in [2.75, 3.05) is 36.4 Å². The molecule has 0 aromatic carbocycles. The lowest BCUT2D eigenvalue weighted by Crippen LogP contribution is -2.36. The number of hydrogen-bond donors (Lipinski definition) is 2. The van der Waals surface area contributed by atoms with Crippen molar-refractivity contribution >= 4 is 23.5 Å². The van der Waals surface area contributed by atoms with Crippen molar-refractivity contribution in [3.8, 4) is 0 Å². The van der Waals surface area contributed by atoms with Gasteiger partial charge in [-0.05, 0) is 32.6 Å². The molecule has 2 heterocycles. The van der Waals surface area contributed by atoms with E-state index in [0.717, 1.165) is 24.6 Å². The SMILES string of the molecule is Cc1cc(N2CCCC2)nc(NCCNC(=O)C2CCC(=O)CC2)n1. The van der Waals surface area contributed by atoms with Crippen LogP contribution in [0.2, 0.25) is 0 Å². The molecular formula is C18H27N5O2. The van der Waals surface area contributed by atoms with E-state index in [4.69, 9.17) is 0 Å². The van der Waals surface area contributed by atoms with Gasteiger partial charge >= 0.3 is 0 Å². The topological polar surface area (TPSA) is 87.2 Å². The van der Waals surface area contributed by atoms with Crippen LogP contribution in [0.3, 0.4) is 0 Å². The second kappa shape index (κ2) is 8.27. The number of hydrogen-bond acceptors (Lipinski definition) is 6. The highest BCUT2D eigenvalue weighted by Gasteiger charge is 2.24. The number of nitrogens with one attached hydrogen (secondary N) is 2. The van der Waals surface area contributed by atoms with Gasteiger partial charge in [0.15, 0.2) is 0 Å². The van der Waals surface area contributed by atoms with Crippen LogP contribution in [0.4, 0.5) is 11.8 Å². The molecule has 136 valence electrons. The minimum Gasteiger partial charge on any atom is -0.356 e. The summed E-state index contributed by atoms with van der Waals surface area (Å²) in [5, 5.41) is 6.14. The van der Waals surface area contributed by atoms with Gasteiger partial charge in [0, 0.05) is 56.7 Å². The molecule has 0 spiro atoms. The fraction of sp³-hybridized carbons (Fsp3) is 0.667. The van der Waals surface area contributed by atoms with Crippen LogP contribution in [0.25, 0.3) is 0 Å². The molecule has 7 heteroatoms. The number of aryl methyl sites for hydroxylation is 1. The predicted molar refractivity (Wildman–Crippen MR) is 96.7 cm³/mol. The van der Waals surface area contributed by atoms with Gasteiger partial charge in [-0.2, -0.15) is 4.98 Å². The second-order valence-electron chi connectivity index (χ2n) is 6.92. The van der Waals surface area contributed by atoms with E-state index < -0.39 is 0 Å². The van der Waals surface area contributed by atoms with Gasteiger partial charge < -0.3 is 15.5 Å². The first-order chi connectivity index (χ1) is 12.1. The van der Waals surface area contributed by atoms with E-state index in [1.54, 1.807) is 0 Å². The molecule has 3 rings (SSSR count). The Morgan fingerprint density at radius 1 is 1.20 bits per heavy atom. The molecule has 2 aliphatic rings. The summed E-state index contributed by atoms with van der Waals surface area (Å²) in [5.41, 5.74) is 0.940. The molecule has 1 aromatic rings. The highest BCUT2D eigenvalue weighted by molar-refractivity contribution is 5.84. The Balaban J connectivity index is 1.44. The van der Waals surface area contributed by atoms with E-state index in [0.29, 0.717) is 44.7 Å². The van der Waals surface area contributed by atoms with Crippen LogP contribution in [-0.4, -0.2) is 47.8 Å². The molecule has 0 atom stereocenters. The van der Waals surface area contributed by atoms with Gasteiger partial charge in [0.1, 0.15) is 11.6 Å². The van der Waals surface area contributed by atoms with Crippen LogP contribution < -0.4 is 15.5 Å². The zero-order valence-corrected chi connectivity index (χ0v) is 14.9. The summed E-state index contributed by atoms with van der Waals surface area (Å²) < 4.78 is 0. The number of rotatable bonds is 6. The lowest BCUT2D eigenvalue weighted by molar-refractivity contribution is -0.128. The number of carbonyl (C=O) groups excluding carboxylic acids is 2. The fourth-order valence-corrected chi connectivity index (χ4v) is 3.45. The van der Waals surface area contributed by atoms with Crippen LogP contribution in [0.1, 0.15) is 44.2 Å². The molecule has 0 bridgehead atoms. The maximum absolute atomic E-state index is 12.1. The van der Waals surface area contributed by atoms with Crippen LogP contribution in [0.15, 0.2) is 6.07 Å². The minimum atomic E-state index is -0.0188. The number of amides is 1. The molecule has 1 amide bonds. The van der Waals surface area contributed by atoms with Gasteiger partial charge in [-0.1, -0.05) is 0 Å². The first-order valence-corrected chi connectivity index (χ1v) is 9.26. The van der Waals surface area contributed by atoms with Gasteiger partial charge in [-0.15, -0.1) is 0 Å². The summed E-state index contributed by atoms with van der Waals surface area (Å²) in [4.78, 5) is 34.6. The lowest BCUT2D eigenvalue weighted by atomic mass is 9.88. The van der Waals surface area contributed by atoms with Gasteiger partial charge in [-0.25, -0.2) is 4.98 Å². The van der Waals surface area contributed by atoms with E-state index in [1.807, 2.05) is 13.0 Å². The van der Waals surface area contributed by atoms with Crippen molar-refractivity contribution in [3.05, 3.63) is 11.8 Å². The largest absolute Gasteiger partial charge is 0.356 e. The highest BCUT2D eigenvalue weighted by Crippen LogP contribution is 2.21. The molecule has 1 saturated carbocycles. The molecule has 1 saturated heterocycles. The standard InChI is InChI=1S/C18H27N5O2/c1-13-12-16(23-10-2-3-11-23)22-18(21-13)20-9-8-19-17(25)14-4-6-15(24)7-5-14/h12,14H,2-11H2,1H3,(H,19,25)(H,20,21,22). The Morgan fingerprint density at radius 2 is 1.92 bits per heavy atom. The van der Waals surface area contributed by atoms with Crippen LogP contribution >= 0.6 is 0 Å². The molecule has 0 unspecified atom stereocenters. The minimum absolute atomic E-state index is 0.0188. The zero-order valence-electron chi connectivity index (χ0n) is 14.9. The molecule has 1 aliphatic heterocycles. The van der Waals surface area contributed by atoms with E-state index in [9.17, 15) is 9.59 Å². The summed E-state index contributed by atoms with van der Waals surface area (Å²) in [7, 11) is 0. The Morgan fingerprint density at radius 3 is 2.64 bits per heavy atom. The Labute approximate surface area is 148 Å². The van der Waals surface area contributed by atoms with Gasteiger partial charge in [0.25, 0.3) is 0 Å². The summed E-state index contributed by atoms with van der Waals surface area (Å²) >= 11 is 0. The van der Waals surface area contributed by atoms with Crippen molar-refractivity contribution in [3.63, 3.8) is 0 Å². The van der Waals surface area contributed by atoms with Gasteiger partial charge in [0.2, 0.25) is 11.9 Å². The lowest BCUT2D eigenvalue weighted by Gasteiger charge is -2.20. The van der Waals surface area contributed by atoms with Crippen molar-refractivity contribution in [1.29, 1.82) is 0 Å². The molecule has 1 aromatic heterocycles. The van der Waals surface area contributed by atoms with E-state index in [1.165, 1.54) is 12.8 Å². The van der Waals surface area contributed by atoms with Crippen molar-refractivity contribution in [2.45, 2.75) is 45.4 Å². The third-order valence-corrected chi connectivity index (χ3v) is 4.89. The molecular weight excluding hydrogens is 318 g/mol. The maximum atomic E-state index is 12.1. The first kappa shape index (κ1) is 17.6. The van der Waals surface area contributed by atoms with Gasteiger partial charge in [0.05, 0.1) is 0 Å². The number of Topliss-reactive ketones (excluding diaryl/α,β-unsaturated/α-hetero) is 1. The average molecular weight is 345 g/mol. The first-order valence-electron chi connectivity index (χ1n) is 9.26. The number of anilines is 2. The third-order valence-electron chi connectivity index (χ3n) is 4.89. The summed E-state index contributed by atoms with van der Waals surface area (Å²) in [6, 6.07) is 2.02. The highest BCUT2D eigenvalue weighted by atomic mass is 16.2. The zero-order chi connectivity index (χ0) is 17.6. The number of aromatic nitrogens is 2. The predicted octanol–water partition coefficient (Wildman–Crippen LogP) is 1.67. The summed E-state index contributed by atoms with van der Waals surface area (Å²) in [6.45, 7) is 5.18. The summed E-state index contributed by atoms with van der Waals surface area (Å²) in [5.74, 6) is 1.89.